The Labute approximate surface area is 166 Å². The molecule has 7 heteroatoms. The molecule has 1 aliphatic heterocycles. The first-order valence-corrected chi connectivity index (χ1v) is 9.10. The number of aliphatic imine (C=N–C) groups is 1. The summed E-state index contributed by atoms with van der Waals surface area (Å²) in [4.78, 5) is 18.8. The summed E-state index contributed by atoms with van der Waals surface area (Å²) in [5.41, 5.74) is 0. The molecule has 3 rings (SSSR count). The fourth-order valence-corrected chi connectivity index (χ4v) is 3.07. The van der Waals surface area contributed by atoms with Crippen LogP contribution in [0.15, 0.2) is 27.8 Å². The summed E-state index contributed by atoms with van der Waals surface area (Å²) in [6.07, 6.45) is 6.59. The van der Waals surface area contributed by atoms with E-state index in [1.165, 1.54) is 12.8 Å². The van der Waals surface area contributed by atoms with Crippen molar-refractivity contribution in [1.29, 1.82) is 0 Å². The molecule has 1 amide bonds. The van der Waals surface area contributed by atoms with E-state index < -0.39 is 0 Å². The molecule has 0 radical (unpaired) electrons. The van der Waals surface area contributed by atoms with Crippen molar-refractivity contribution in [2.75, 3.05) is 26.2 Å². The van der Waals surface area contributed by atoms with Gasteiger partial charge in [-0.25, -0.2) is 0 Å². The summed E-state index contributed by atoms with van der Waals surface area (Å²) >= 11 is 0. The monoisotopic (exact) mass is 460 g/mol. The Morgan fingerprint density at radius 1 is 1.36 bits per heavy atom. The molecule has 2 heterocycles. The Morgan fingerprint density at radius 3 is 2.84 bits per heavy atom. The number of halogens is 1. The maximum Gasteiger partial charge on any atom is 0.223 e. The molecule has 25 heavy (non-hydrogen) atoms. The van der Waals surface area contributed by atoms with Crippen LogP contribution in [-0.4, -0.2) is 49.0 Å². The van der Waals surface area contributed by atoms with Crippen LogP contribution in [0.1, 0.15) is 38.4 Å². The van der Waals surface area contributed by atoms with Gasteiger partial charge in [0.1, 0.15) is 5.76 Å². The third kappa shape index (κ3) is 6.20. The fourth-order valence-electron chi connectivity index (χ4n) is 3.07. The predicted octanol–water partition coefficient (Wildman–Crippen LogP) is 2.40. The van der Waals surface area contributed by atoms with Crippen LogP contribution in [0.5, 0.6) is 0 Å². The van der Waals surface area contributed by atoms with Crippen LogP contribution >= 0.6 is 24.0 Å². The van der Waals surface area contributed by atoms with Gasteiger partial charge in [0.15, 0.2) is 5.96 Å². The number of likely N-dealkylation sites (tertiary alicyclic amines) is 1. The second kappa shape index (κ2) is 10.0. The van der Waals surface area contributed by atoms with Crippen molar-refractivity contribution in [3.8, 4) is 0 Å². The van der Waals surface area contributed by atoms with E-state index in [4.69, 9.17) is 9.41 Å². The third-order valence-corrected chi connectivity index (χ3v) is 4.52. The summed E-state index contributed by atoms with van der Waals surface area (Å²) in [6.45, 7) is 5.39. The average Bonchev–Trinajstić information content (AvgIpc) is 3.15. The lowest BCUT2D eigenvalue weighted by atomic mass is 10.1. The average molecular weight is 460 g/mol. The first kappa shape index (κ1) is 20.1. The molecule has 1 saturated carbocycles. The minimum atomic E-state index is 0. The number of carbonyl (C=O) groups excluding carboxylic acids is 1. The Balaban J connectivity index is 0.00000225. The molecule has 140 valence electrons. The molecule has 2 aliphatic rings. The van der Waals surface area contributed by atoms with Crippen LogP contribution in [0, 0.1) is 5.92 Å². The van der Waals surface area contributed by atoms with E-state index in [0.29, 0.717) is 30.8 Å². The molecule has 1 aromatic rings. The lowest BCUT2D eigenvalue weighted by Gasteiger charge is -2.15. The van der Waals surface area contributed by atoms with Crippen molar-refractivity contribution in [2.45, 2.75) is 45.1 Å². The second-order valence-corrected chi connectivity index (χ2v) is 6.72. The molecule has 0 spiro atoms. The van der Waals surface area contributed by atoms with E-state index in [0.717, 1.165) is 44.2 Å². The van der Waals surface area contributed by atoms with Gasteiger partial charge in [-0.15, -0.1) is 24.0 Å². The lowest BCUT2D eigenvalue weighted by molar-refractivity contribution is -0.128. The van der Waals surface area contributed by atoms with E-state index >= 15 is 0 Å². The van der Waals surface area contributed by atoms with Crippen LogP contribution in [0.4, 0.5) is 0 Å². The van der Waals surface area contributed by atoms with Crippen LogP contribution in [0.2, 0.25) is 0 Å². The van der Waals surface area contributed by atoms with Crippen LogP contribution < -0.4 is 10.6 Å². The van der Waals surface area contributed by atoms with Crippen molar-refractivity contribution >= 4 is 35.8 Å². The highest BCUT2D eigenvalue weighted by molar-refractivity contribution is 14.0. The Hall–Kier alpha value is -1.25. The Bertz CT molecular complexity index is 557. The summed E-state index contributed by atoms with van der Waals surface area (Å²) in [5, 5.41) is 6.70. The standard InChI is InChI=1S/C18H28N4O2.HI/c1-2-8-19-18(20-9-7-16-4-3-10-24-16)21-12-14-11-17(23)22(13-14)15-5-6-15;/h3-4,10,14-15H,2,5-9,11-13H2,1H3,(H2,19,20,21);1H. The highest BCUT2D eigenvalue weighted by Crippen LogP contribution is 2.32. The van der Waals surface area contributed by atoms with Gasteiger partial charge in [0, 0.05) is 51.0 Å². The number of rotatable bonds is 8. The highest BCUT2D eigenvalue weighted by atomic mass is 127. The smallest absolute Gasteiger partial charge is 0.223 e. The molecule has 0 aromatic carbocycles. The third-order valence-electron chi connectivity index (χ3n) is 4.52. The normalized spacial score (nSPS) is 20.5. The zero-order valence-electron chi connectivity index (χ0n) is 14.9. The van der Waals surface area contributed by atoms with Gasteiger partial charge in [0.2, 0.25) is 5.91 Å². The molecule has 6 nitrogen and oxygen atoms in total. The number of furan rings is 1. The SMILES string of the molecule is CCCNC(=NCC1CC(=O)N(C2CC2)C1)NCCc1ccco1.I. The van der Waals surface area contributed by atoms with Gasteiger partial charge < -0.3 is 20.0 Å². The van der Waals surface area contributed by atoms with E-state index in [-0.39, 0.29) is 24.0 Å². The van der Waals surface area contributed by atoms with E-state index in [9.17, 15) is 4.79 Å². The second-order valence-electron chi connectivity index (χ2n) is 6.72. The van der Waals surface area contributed by atoms with Crippen LogP contribution in [0.25, 0.3) is 0 Å². The van der Waals surface area contributed by atoms with Crippen molar-refractivity contribution in [3.05, 3.63) is 24.2 Å². The van der Waals surface area contributed by atoms with Gasteiger partial charge in [0.25, 0.3) is 0 Å². The van der Waals surface area contributed by atoms with E-state index in [1.807, 2.05) is 12.1 Å². The molecule has 1 saturated heterocycles. The molecule has 1 aromatic heterocycles. The minimum Gasteiger partial charge on any atom is -0.469 e. The summed E-state index contributed by atoms with van der Waals surface area (Å²) in [5.74, 6) is 2.47. The van der Waals surface area contributed by atoms with Crippen LogP contribution in [-0.2, 0) is 11.2 Å². The highest BCUT2D eigenvalue weighted by Gasteiger charge is 2.39. The summed E-state index contributed by atoms with van der Waals surface area (Å²) in [7, 11) is 0. The molecule has 1 unspecified atom stereocenters. The van der Waals surface area contributed by atoms with Gasteiger partial charge >= 0.3 is 0 Å². The minimum absolute atomic E-state index is 0. The Kier molecular flexibility index (Phi) is 8.05. The van der Waals surface area contributed by atoms with Gasteiger partial charge in [0.05, 0.1) is 6.26 Å². The number of hydrogen-bond donors (Lipinski definition) is 2. The molecule has 1 atom stereocenters. The summed E-state index contributed by atoms with van der Waals surface area (Å²) < 4.78 is 5.35. The predicted molar refractivity (Wildman–Crippen MR) is 109 cm³/mol. The number of carbonyl (C=O) groups is 1. The quantitative estimate of drug-likeness (QED) is 0.355. The van der Waals surface area contributed by atoms with E-state index in [2.05, 4.69) is 22.5 Å². The zero-order valence-corrected chi connectivity index (χ0v) is 17.2. The zero-order chi connectivity index (χ0) is 16.8. The van der Waals surface area contributed by atoms with Crippen molar-refractivity contribution in [3.63, 3.8) is 0 Å². The number of guanidine groups is 1. The van der Waals surface area contributed by atoms with Crippen molar-refractivity contribution in [2.24, 2.45) is 10.9 Å². The van der Waals surface area contributed by atoms with Crippen molar-refractivity contribution < 1.29 is 9.21 Å². The van der Waals surface area contributed by atoms with Gasteiger partial charge in [-0.2, -0.15) is 0 Å². The molecule has 1 aliphatic carbocycles. The first-order chi connectivity index (χ1) is 11.8. The van der Waals surface area contributed by atoms with Crippen molar-refractivity contribution in [1.82, 2.24) is 15.5 Å². The van der Waals surface area contributed by atoms with Crippen LogP contribution in [0.3, 0.4) is 0 Å². The molecule has 0 bridgehead atoms. The number of hydrogen-bond acceptors (Lipinski definition) is 3. The number of nitrogens with one attached hydrogen (secondary N) is 2. The fraction of sp³-hybridized carbons (Fsp3) is 0.667. The van der Waals surface area contributed by atoms with Gasteiger partial charge in [-0.05, 0) is 31.4 Å². The Morgan fingerprint density at radius 2 is 2.16 bits per heavy atom. The molecular formula is C18H29IN4O2. The number of nitrogens with zero attached hydrogens (tertiary/aromatic N) is 2. The topological polar surface area (TPSA) is 69.9 Å². The first-order valence-electron chi connectivity index (χ1n) is 9.10. The molecule has 2 fully saturated rings. The maximum atomic E-state index is 12.0. The van der Waals surface area contributed by atoms with Gasteiger partial charge in [-0.3, -0.25) is 9.79 Å². The maximum absolute atomic E-state index is 12.0. The largest absolute Gasteiger partial charge is 0.469 e. The molecular weight excluding hydrogens is 431 g/mol. The van der Waals surface area contributed by atoms with Gasteiger partial charge in [-0.1, -0.05) is 6.92 Å². The van der Waals surface area contributed by atoms with E-state index in [1.54, 1.807) is 6.26 Å². The number of amides is 1. The molecule has 2 N–H and O–H groups in total. The summed E-state index contributed by atoms with van der Waals surface area (Å²) in [6, 6.07) is 4.41. The lowest BCUT2D eigenvalue weighted by Crippen LogP contribution is -2.39.